The average Bonchev–Trinajstić information content (AvgIpc) is 2.43. The second kappa shape index (κ2) is 4.51. The summed E-state index contributed by atoms with van der Waals surface area (Å²) in [7, 11) is 1.40. The minimum atomic E-state index is -0.304. The zero-order chi connectivity index (χ0) is 14.3. The van der Waals surface area contributed by atoms with Crippen molar-refractivity contribution in [1.29, 1.82) is 0 Å². The first-order chi connectivity index (χ1) is 9.48. The highest BCUT2D eigenvalue weighted by Gasteiger charge is 2.26. The van der Waals surface area contributed by atoms with Gasteiger partial charge in [-0.3, -0.25) is 0 Å². The normalized spacial score (nSPS) is 16.4. The Morgan fingerprint density at radius 3 is 2.75 bits per heavy atom. The average molecular weight is 270 g/mol. The standard InChI is InChI=1S/C17H18O3/c1-17(2)7-6-12-8-14-9-13(16(18)19-3)5-4-11(14)10-15(12)20-17/h4-5,8-10H,6-7H2,1-3H3. The van der Waals surface area contributed by atoms with Gasteiger partial charge >= 0.3 is 5.97 Å². The lowest BCUT2D eigenvalue weighted by atomic mass is 9.92. The number of fused-ring (bicyclic) bond motifs is 2. The van der Waals surface area contributed by atoms with Crippen molar-refractivity contribution in [3.05, 3.63) is 41.5 Å². The van der Waals surface area contributed by atoms with Crippen LogP contribution >= 0.6 is 0 Å². The van der Waals surface area contributed by atoms with Crippen molar-refractivity contribution in [3.8, 4) is 5.75 Å². The summed E-state index contributed by atoms with van der Waals surface area (Å²) < 4.78 is 10.8. The minimum absolute atomic E-state index is 0.105. The first-order valence-corrected chi connectivity index (χ1v) is 6.82. The van der Waals surface area contributed by atoms with Gasteiger partial charge < -0.3 is 9.47 Å². The van der Waals surface area contributed by atoms with Crippen molar-refractivity contribution < 1.29 is 14.3 Å². The molecule has 0 unspecified atom stereocenters. The maximum atomic E-state index is 11.6. The molecule has 0 aromatic heterocycles. The summed E-state index contributed by atoms with van der Waals surface area (Å²) >= 11 is 0. The van der Waals surface area contributed by atoms with E-state index in [1.54, 1.807) is 6.07 Å². The van der Waals surface area contributed by atoms with Gasteiger partial charge in [0.15, 0.2) is 0 Å². The largest absolute Gasteiger partial charge is 0.488 e. The molecule has 0 fully saturated rings. The van der Waals surface area contributed by atoms with Gasteiger partial charge in [-0.1, -0.05) is 6.07 Å². The minimum Gasteiger partial charge on any atom is -0.488 e. The van der Waals surface area contributed by atoms with Crippen LogP contribution in [0.15, 0.2) is 30.3 Å². The van der Waals surface area contributed by atoms with E-state index in [1.165, 1.54) is 12.7 Å². The van der Waals surface area contributed by atoms with Crippen molar-refractivity contribution in [3.63, 3.8) is 0 Å². The highest BCUT2D eigenvalue weighted by Crippen LogP contribution is 2.36. The molecule has 1 aliphatic heterocycles. The molecule has 1 heterocycles. The lowest BCUT2D eigenvalue weighted by molar-refractivity contribution is 0.0601. The third kappa shape index (κ3) is 2.24. The Balaban J connectivity index is 2.09. The van der Waals surface area contributed by atoms with E-state index < -0.39 is 0 Å². The Morgan fingerprint density at radius 1 is 1.20 bits per heavy atom. The summed E-state index contributed by atoms with van der Waals surface area (Å²) in [5.41, 5.74) is 1.68. The molecule has 0 bridgehead atoms. The highest BCUT2D eigenvalue weighted by molar-refractivity contribution is 5.96. The first-order valence-electron chi connectivity index (χ1n) is 6.82. The molecule has 0 radical (unpaired) electrons. The third-order valence-electron chi connectivity index (χ3n) is 3.82. The van der Waals surface area contributed by atoms with Crippen LogP contribution in [0.1, 0.15) is 36.2 Å². The van der Waals surface area contributed by atoms with Gasteiger partial charge in [0, 0.05) is 0 Å². The van der Waals surface area contributed by atoms with Gasteiger partial charge in [0.1, 0.15) is 11.4 Å². The molecule has 0 saturated carbocycles. The molecular formula is C17H18O3. The lowest BCUT2D eigenvalue weighted by Crippen LogP contribution is -2.32. The van der Waals surface area contributed by atoms with Gasteiger partial charge in [0.2, 0.25) is 0 Å². The number of rotatable bonds is 1. The van der Waals surface area contributed by atoms with Crippen LogP contribution < -0.4 is 4.74 Å². The molecule has 0 atom stereocenters. The highest BCUT2D eigenvalue weighted by atomic mass is 16.5. The SMILES string of the molecule is COC(=O)c1ccc2cc3c(cc2c1)CCC(C)(C)O3. The van der Waals surface area contributed by atoms with Gasteiger partial charge in [-0.2, -0.15) is 0 Å². The van der Waals surface area contributed by atoms with Gasteiger partial charge in [0.05, 0.1) is 12.7 Å². The fourth-order valence-corrected chi connectivity index (χ4v) is 2.64. The van der Waals surface area contributed by atoms with Crippen LogP contribution in [0.5, 0.6) is 5.75 Å². The fraction of sp³-hybridized carbons (Fsp3) is 0.353. The molecule has 0 aliphatic carbocycles. The Bertz CT molecular complexity index is 686. The van der Waals surface area contributed by atoms with Crippen LogP contribution in [-0.4, -0.2) is 18.7 Å². The van der Waals surface area contributed by atoms with E-state index in [2.05, 4.69) is 26.0 Å². The monoisotopic (exact) mass is 270 g/mol. The van der Waals surface area contributed by atoms with E-state index in [9.17, 15) is 4.79 Å². The van der Waals surface area contributed by atoms with Crippen LogP contribution in [-0.2, 0) is 11.2 Å². The number of hydrogen-bond donors (Lipinski definition) is 0. The second-order valence-electron chi connectivity index (χ2n) is 5.88. The van der Waals surface area contributed by atoms with Crippen molar-refractivity contribution in [2.45, 2.75) is 32.3 Å². The van der Waals surface area contributed by atoms with Gasteiger partial charge in [-0.05, 0) is 67.3 Å². The maximum Gasteiger partial charge on any atom is 0.337 e. The molecule has 2 aromatic rings. The van der Waals surface area contributed by atoms with Crippen LogP contribution in [0.2, 0.25) is 0 Å². The Hall–Kier alpha value is -2.03. The molecule has 104 valence electrons. The number of carbonyl (C=O) groups is 1. The lowest BCUT2D eigenvalue weighted by Gasteiger charge is -2.32. The number of aryl methyl sites for hydroxylation is 1. The predicted octanol–water partition coefficient (Wildman–Crippen LogP) is 3.73. The fourth-order valence-electron chi connectivity index (χ4n) is 2.64. The number of benzene rings is 2. The summed E-state index contributed by atoms with van der Waals surface area (Å²) in [6.45, 7) is 4.22. The van der Waals surface area contributed by atoms with Crippen LogP contribution in [0.3, 0.4) is 0 Å². The summed E-state index contributed by atoms with van der Waals surface area (Å²) in [5.74, 6) is 0.654. The van der Waals surface area contributed by atoms with Crippen molar-refractivity contribution in [2.24, 2.45) is 0 Å². The molecule has 0 amide bonds. The smallest absolute Gasteiger partial charge is 0.337 e. The zero-order valence-corrected chi connectivity index (χ0v) is 12.0. The van der Waals surface area contributed by atoms with Crippen LogP contribution in [0, 0.1) is 0 Å². The summed E-state index contributed by atoms with van der Waals surface area (Å²) in [4.78, 5) is 11.6. The Kier molecular flexibility index (Phi) is 2.93. The van der Waals surface area contributed by atoms with E-state index in [0.717, 1.165) is 29.4 Å². The molecule has 20 heavy (non-hydrogen) atoms. The zero-order valence-electron chi connectivity index (χ0n) is 12.0. The number of esters is 1. The Labute approximate surface area is 118 Å². The number of methoxy groups -OCH3 is 1. The topological polar surface area (TPSA) is 35.5 Å². The molecule has 3 rings (SSSR count). The molecule has 2 aromatic carbocycles. The summed E-state index contributed by atoms with van der Waals surface area (Å²) in [5, 5.41) is 2.13. The van der Waals surface area contributed by atoms with Crippen molar-refractivity contribution >= 4 is 16.7 Å². The maximum absolute atomic E-state index is 11.6. The van der Waals surface area contributed by atoms with E-state index in [0.29, 0.717) is 5.56 Å². The van der Waals surface area contributed by atoms with Crippen molar-refractivity contribution in [2.75, 3.05) is 7.11 Å². The summed E-state index contributed by atoms with van der Waals surface area (Å²) in [6.07, 6.45) is 2.00. The predicted molar refractivity (Wildman–Crippen MR) is 78.3 cm³/mol. The van der Waals surface area contributed by atoms with E-state index in [4.69, 9.17) is 9.47 Å². The third-order valence-corrected chi connectivity index (χ3v) is 3.82. The second-order valence-corrected chi connectivity index (χ2v) is 5.88. The molecule has 0 spiro atoms. The van der Waals surface area contributed by atoms with E-state index in [-0.39, 0.29) is 11.6 Å². The molecule has 0 N–H and O–H groups in total. The summed E-state index contributed by atoms with van der Waals surface area (Å²) in [6, 6.07) is 9.78. The molecule has 3 heteroatoms. The number of ether oxygens (including phenoxy) is 2. The van der Waals surface area contributed by atoms with Gasteiger partial charge in [-0.15, -0.1) is 0 Å². The van der Waals surface area contributed by atoms with Crippen molar-refractivity contribution in [1.82, 2.24) is 0 Å². The molecule has 1 aliphatic rings. The molecule has 3 nitrogen and oxygen atoms in total. The van der Waals surface area contributed by atoms with E-state index in [1.807, 2.05) is 12.1 Å². The number of hydrogen-bond acceptors (Lipinski definition) is 3. The molecule has 0 saturated heterocycles. The van der Waals surface area contributed by atoms with Crippen LogP contribution in [0.25, 0.3) is 10.8 Å². The van der Waals surface area contributed by atoms with Gasteiger partial charge in [0.25, 0.3) is 0 Å². The van der Waals surface area contributed by atoms with Crippen LogP contribution in [0.4, 0.5) is 0 Å². The first kappa shape index (κ1) is 13.0. The quantitative estimate of drug-likeness (QED) is 0.741. The van der Waals surface area contributed by atoms with Gasteiger partial charge in [-0.25, -0.2) is 4.79 Å². The number of carbonyl (C=O) groups excluding carboxylic acids is 1. The Morgan fingerprint density at radius 2 is 2.00 bits per heavy atom. The molecular weight excluding hydrogens is 252 g/mol. The van der Waals surface area contributed by atoms with E-state index >= 15 is 0 Å².